The van der Waals surface area contributed by atoms with Crippen molar-refractivity contribution in [2.24, 2.45) is 0 Å². The fourth-order valence-electron chi connectivity index (χ4n) is 1.97. The molecule has 18 heavy (non-hydrogen) atoms. The van der Waals surface area contributed by atoms with Gasteiger partial charge in [-0.2, -0.15) is 0 Å². The highest BCUT2D eigenvalue weighted by Crippen LogP contribution is 2.31. The molecule has 2 atom stereocenters. The highest BCUT2D eigenvalue weighted by molar-refractivity contribution is 5.40. The number of rotatable bonds is 6. The Morgan fingerprint density at radius 2 is 2.17 bits per heavy atom. The standard InChI is InChI=1S/C14H21NO3/c1-3-8-16-9-11(15-2)14-10-17-12-6-4-5-7-13(12)18-14/h4-7,11,14-15H,3,8-10H2,1-2H3. The third kappa shape index (κ3) is 3.15. The summed E-state index contributed by atoms with van der Waals surface area (Å²) in [5, 5.41) is 3.23. The zero-order valence-corrected chi connectivity index (χ0v) is 11.0. The van der Waals surface area contributed by atoms with Crippen molar-refractivity contribution in [2.45, 2.75) is 25.5 Å². The number of benzene rings is 1. The van der Waals surface area contributed by atoms with Crippen molar-refractivity contribution in [1.82, 2.24) is 5.32 Å². The van der Waals surface area contributed by atoms with E-state index < -0.39 is 0 Å². The maximum Gasteiger partial charge on any atom is 0.161 e. The van der Waals surface area contributed by atoms with Crippen LogP contribution in [-0.2, 0) is 4.74 Å². The van der Waals surface area contributed by atoms with E-state index in [0.29, 0.717) is 13.2 Å². The number of hydrogen-bond acceptors (Lipinski definition) is 4. The van der Waals surface area contributed by atoms with Crippen LogP contribution in [0.15, 0.2) is 24.3 Å². The summed E-state index contributed by atoms with van der Waals surface area (Å²) >= 11 is 0. The minimum atomic E-state index is -0.0123. The summed E-state index contributed by atoms with van der Waals surface area (Å²) in [5.74, 6) is 1.63. The minimum Gasteiger partial charge on any atom is -0.486 e. The van der Waals surface area contributed by atoms with E-state index in [4.69, 9.17) is 14.2 Å². The molecular formula is C14H21NO3. The summed E-state index contributed by atoms with van der Waals surface area (Å²) in [7, 11) is 1.92. The molecule has 1 aromatic rings. The van der Waals surface area contributed by atoms with Gasteiger partial charge in [0.05, 0.1) is 12.6 Å². The van der Waals surface area contributed by atoms with Crippen molar-refractivity contribution in [3.8, 4) is 11.5 Å². The topological polar surface area (TPSA) is 39.7 Å². The van der Waals surface area contributed by atoms with Gasteiger partial charge in [-0.25, -0.2) is 0 Å². The van der Waals surface area contributed by atoms with Crippen molar-refractivity contribution in [1.29, 1.82) is 0 Å². The van der Waals surface area contributed by atoms with Crippen molar-refractivity contribution in [3.05, 3.63) is 24.3 Å². The van der Waals surface area contributed by atoms with Crippen molar-refractivity contribution < 1.29 is 14.2 Å². The van der Waals surface area contributed by atoms with Crippen LogP contribution in [0, 0.1) is 0 Å². The fraction of sp³-hybridized carbons (Fsp3) is 0.571. The van der Waals surface area contributed by atoms with E-state index in [1.165, 1.54) is 0 Å². The highest BCUT2D eigenvalue weighted by atomic mass is 16.6. The molecule has 0 saturated heterocycles. The van der Waals surface area contributed by atoms with Gasteiger partial charge in [-0.15, -0.1) is 0 Å². The molecule has 0 radical (unpaired) electrons. The Bertz CT molecular complexity index is 370. The molecule has 4 nitrogen and oxygen atoms in total. The van der Waals surface area contributed by atoms with E-state index in [2.05, 4.69) is 12.2 Å². The van der Waals surface area contributed by atoms with Crippen LogP contribution < -0.4 is 14.8 Å². The first-order chi connectivity index (χ1) is 8.85. The third-order valence-electron chi connectivity index (χ3n) is 3.00. The molecule has 0 bridgehead atoms. The molecular weight excluding hydrogens is 230 g/mol. The Labute approximate surface area is 108 Å². The Morgan fingerprint density at radius 3 is 2.89 bits per heavy atom. The molecule has 1 heterocycles. The predicted molar refractivity (Wildman–Crippen MR) is 70.3 cm³/mol. The summed E-state index contributed by atoms with van der Waals surface area (Å²) in [6.45, 7) is 4.08. The lowest BCUT2D eigenvalue weighted by Crippen LogP contribution is -2.49. The first kappa shape index (κ1) is 13.2. The SMILES string of the molecule is CCCOCC(NC)C1COc2ccccc2O1. The molecule has 0 saturated carbocycles. The molecule has 0 fully saturated rings. The van der Waals surface area contributed by atoms with Crippen LogP contribution in [0.5, 0.6) is 11.5 Å². The molecule has 1 aromatic carbocycles. The van der Waals surface area contributed by atoms with Gasteiger partial charge in [0.25, 0.3) is 0 Å². The van der Waals surface area contributed by atoms with E-state index in [9.17, 15) is 0 Å². The summed E-state index contributed by atoms with van der Waals surface area (Å²) in [6, 6.07) is 7.90. The van der Waals surface area contributed by atoms with E-state index in [1.807, 2.05) is 31.3 Å². The van der Waals surface area contributed by atoms with E-state index in [-0.39, 0.29) is 12.1 Å². The number of ether oxygens (including phenoxy) is 3. The zero-order chi connectivity index (χ0) is 12.8. The molecule has 0 aliphatic carbocycles. The number of likely N-dealkylation sites (N-methyl/N-ethyl adjacent to an activating group) is 1. The van der Waals surface area contributed by atoms with E-state index in [0.717, 1.165) is 24.5 Å². The molecule has 1 aliphatic rings. The van der Waals surface area contributed by atoms with Gasteiger partial charge in [-0.05, 0) is 25.6 Å². The summed E-state index contributed by atoms with van der Waals surface area (Å²) < 4.78 is 17.2. The lowest BCUT2D eigenvalue weighted by atomic mass is 10.1. The first-order valence-corrected chi connectivity index (χ1v) is 6.48. The largest absolute Gasteiger partial charge is 0.486 e. The van der Waals surface area contributed by atoms with Crippen LogP contribution in [0.3, 0.4) is 0 Å². The number of para-hydroxylation sites is 2. The van der Waals surface area contributed by atoms with Gasteiger partial charge in [-0.1, -0.05) is 19.1 Å². The van der Waals surface area contributed by atoms with Crippen LogP contribution >= 0.6 is 0 Å². The molecule has 2 unspecified atom stereocenters. The molecule has 0 spiro atoms. The van der Waals surface area contributed by atoms with Gasteiger partial charge in [-0.3, -0.25) is 0 Å². The van der Waals surface area contributed by atoms with Crippen LogP contribution in [0.1, 0.15) is 13.3 Å². The van der Waals surface area contributed by atoms with Crippen LogP contribution in [0.2, 0.25) is 0 Å². The predicted octanol–water partition coefficient (Wildman–Crippen LogP) is 1.84. The van der Waals surface area contributed by atoms with E-state index >= 15 is 0 Å². The fourth-order valence-corrected chi connectivity index (χ4v) is 1.97. The molecule has 100 valence electrons. The van der Waals surface area contributed by atoms with Gasteiger partial charge in [0.15, 0.2) is 17.6 Å². The van der Waals surface area contributed by atoms with Crippen LogP contribution in [0.4, 0.5) is 0 Å². The van der Waals surface area contributed by atoms with Crippen LogP contribution in [-0.4, -0.2) is 39.0 Å². The first-order valence-electron chi connectivity index (χ1n) is 6.48. The Morgan fingerprint density at radius 1 is 1.39 bits per heavy atom. The van der Waals surface area contributed by atoms with E-state index in [1.54, 1.807) is 0 Å². The van der Waals surface area contributed by atoms with Crippen molar-refractivity contribution >= 4 is 0 Å². The lowest BCUT2D eigenvalue weighted by molar-refractivity contribution is 0.0228. The maximum atomic E-state index is 5.95. The second-order valence-electron chi connectivity index (χ2n) is 4.38. The van der Waals surface area contributed by atoms with Gasteiger partial charge < -0.3 is 19.5 Å². The zero-order valence-electron chi connectivity index (χ0n) is 11.0. The maximum absolute atomic E-state index is 5.95. The van der Waals surface area contributed by atoms with Gasteiger partial charge >= 0.3 is 0 Å². The Kier molecular flexibility index (Phi) is 4.84. The average Bonchev–Trinajstić information content (AvgIpc) is 2.43. The summed E-state index contributed by atoms with van der Waals surface area (Å²) in [5.41, 5.74) is 0. The lowest BCUT2D eigenvalue weighted by Gasteiger charge is -2.31. The second kappa shape index (κ2) is 6.61. The van der Waals surface area contributed by atoms with Crippen molar-refractivity contribution in [3.63, 3.8) is 0 Å². The number of nitrogens with one attached hydrogen (secondary N) is 1. The van der Waals surface area contributed by atoms with Gasteiger partial charge in [0, 0.05) is 6.61 Å². The summed E-state index contributed by atoms with van der Waals surface area (Å²) in [4.78, 5) is 0. The Hall–Kier alpha value is -1.26. The number of hydrogen-bond donors (Lipinski definition) is 1. The molecule has 0 amide bonds. The van der Waals surface area contributed by atoms with Crippen LogP contribution in [0.25, 0.3) is 0 Å². The smallest absolute Gasteiger partial charge is 0.161 e. The average molecular weight is 251 g/mol. The Balaban J connectivity index is 1.93. The second-order valence-corrected chi connectivity index (χ2v) is 4.38. The van der Waals surface area contributed by atoms with Gasteiger partial charge in [0.2, 0.25) is 0 Å². The monoisotopic (exact) mass is 251 g/mol. The molecule has 1 aliphatic heterocycles. The molecule has 1 N–H and O–H groups in total. The summed E-state index contributed by atoms with van der Waals surface area (Å²) in [6.07, 6.45) is 1.02. The number of fused-ring (bicyclic) bond motifs is 1. The van der Waals surface area contributed by atoms with Gasteiger partial charge in [0.1, 0.15) is 6.61 Å². The molecule has 0 aromatic heterocycles. The third-order valence-corrected chi connectivity index (χ3v) is 3.00. The van der Waals surface area contributed by atoms with Crippen molar-refractivity contribution in [2.75, 3.05) is 26.9 Å². The minimum absolute atomic E-state index is 0.0123. The molecule has 2 rings (SSSR count). The highest BCUT2D eigenvalue weighted by Gasteiger charge is 2.27. The quantitative estimate of drug-likeness (QED) is 0.783. The molecule has 4 heteroatoms. The normalized spacial score (nSPS) is 19.6.